The third-order valence-electron chi connectivity index (χ3n) is 5.33. The fraction of sp³-hybridized carbons (Fsp3) is 0.889. The summed E-state index contributed by atoms with van der Waals surface area (Å²) in [7, 11) is 0. The largest absolute Gasteiger partial charge is 0.350 e. The molecule has 1 N–H and O–H groups in total. The van der Waals surface area contributed by atoms with Crippen molar-refractivity contribution in [3.05, 3.63) is 0 Å². The molecule has 0 radical (unpaired) electrons. The predicted octanol–water partition coefficient (Wildman–Crippen LogP) is 1.77. The Labute approximate surface area is 139 Å². The van der Waals surface area contributed by atoms with Crippen LogP contribution in [0.25, 0.3) is 0 Å². The maximum Gasteiger partial charge on any atom is 0.225 e. The van der Waals surface area contributed by atoms with Crippen molar-refractivity contribution in [3.8, 4) is 0 Å². The summed E-state index contributed by atoms with van der Waals surface area (Å²) < 4.78 is 0. The van der Waals surface area contributed by atoms with E-state index >= 15 is 0 Å². The Balaban J connectivity index is 1.51. The molecule has 2 aliphatic heterocycles. The van der Waals surface area contributed by atoms with E-state index < -0.39 is 0 Å². The van der Waals surface area contributed by atoms with Gasteiger partial charge in [-0.15, -0.1) is 0 Å². The van der Waals surface area contributed by atoms with Gasteiger partial charge >= 0.3 is 0 Å². The van der Waals surface area contributed by atoms with Crippen molar-refractivity contribution in [1.29, 1.82) is 0 Å². The molecule has 2 heterocycles. The van der Waals surface area contributed by atoms with E-state index in [2.05, 4.69) is 24.1 Å². The highest BCUT2D eigenvalue weighted by molar-refractivity contribution is 5.84. The number of nitrogens with zero attached hydrogens (tertiary/aromatic N) is 2. The lowest BCUT2D eigenvalue weighted by atomic mass is 9.94. The van der Waals surface area contributed by atoms with Crippen LogP contribution in [-0.4, -0.2) is 59.4 Å². The zero-order valence-corrected chi connectivity index (χ0v) is 14.6. The number of rotatable bonds is 5. The van der Waals surface area contributed by atoms with Gasteiger partial charge in [-0.25, -0.2) is 0 Å². The summed E-state index contributed by atoms with van der Waals surface area (Å²) in [5.74, 6) is 0.336. The maximum atomic E-state index is 12.7. The van der Waals surface area contributed by atoms with Crippen LogP contribution in [0.3, 0.4) is 0 Å². The molecule has 3 fully saturated rings. The summed E-state index contributed by atoms with van der Waals surface area (Å²) in [6.07, 6.45) is 7.32. The van der Waals surface area contributed by atoms with E-state index in [4.69, 9.17) is 0 Å². The number of hydrogen-bond acceptors (Lipinski definition) is 3. The van der Waals surface area contributed by atoms with E-state index in [9.17, 15) is 9.59 Å². The van der Waals surface area contributed by atoms with Crippen molar-refractivity contribution in [3.63, 3.8) is 0 Å². The van der Waals surface area contributed by atoms with E-state index in [0.29, 0.717) is 25.4 Å². The van der Waals surface area contributed by atoms with Crippen molar-refractivity contribution in [2.45, 2.75) is 70.4 Å². The molecule has 1 atom stereocenters. The van der Waals surface area contributed by atoms with Gasteiger partial charge in [0.1, 0.15) is 0 Å². The summed E-state index contributed by atoms with van der Waals surface area (Å²) in [5.41, 5.74) is -0.208. The zero-order chi connectivity index (χ0) is 16.4. The van der Waals surface area contributed by atoms with Gasteiger partial charge in [0.05, 0.1) is 5.92 Å². The molecule has 0 aromatic carbocycles. The van der Waals surface area contributed by atoms with E-state index in [0.717, 1.165) is 32.5 Å². The molecule has 23 heavy (non-hydrogen) atoms. The highest BCUT2D eigenvalue weighted by Gasteiger charge is 2.39. The predicted molar refractivity (Wildman–Crippen MR) is 90.0 cm³/mol. The summed E-state index contributed by atoms with van der Waals surface area (Å²) in [5, 5.41) is 3.25. The molecule has 0 aromatic heterocycles. The van der Waals surface area contributed by atoms with Gasteiger partial charge in [-0.1, -0.05) is 6.42 Å². The standard InChI is InChI=1S/C18H31N3O2/c1-18(2,13-20-10-4-3-5-11-20)19-17(23)14-6-9-16(22)21(12-14)15-7-8-15/h14-15H,3-13H2,1-2H3,(H,19,23). The van der Waals surface area contributed by atoms with Crippen molar-refractivity contribution < 1.29 is 9.59 Å². The maximum absolute atomic E-state index is 12.7. The number of piperidine rings is 2. The van der Waals surface area contributed by atoms with Crippen LogP contribution in [0.15, 0.2) is 0 Å². The molecule has 2 amide bonds. The quantitative estimate of drug-likeness (QED) is 0.839. The zero-order valence-electron chi connectivity index (χ0n) is 14.6. The van der Waals surface area contributed by atoms with Gasteiger partial charge in [0.2, 0.25) is 11.8 Å². The number of carbonyl (C=O) groups excluding carboxylic acids is 2. The van der Waals surface area contributed by atoms with Crippen molar-refractivity contribution in [1.82, 2.24) is 15.1 Å². The lowest BCUT2D eigenvalue weighted by molar-refractivity contribution is -0.139. The van der Waals surface area contributed by atoms with Crippen molar-refractivity contribution in [2.75, 3.05) is 26.2 Å². The minimum absolute atomic E-state index is 0.0334. The SMILES string of the molecule is CC(C)(CN1CCCCC1)NC(=O)C1CCC(=O)N(C2CC2)C1. The molecular weight excluding hydrogens is 290 g/mol. The molecular formula is C18H31N3O2. The molecule has 0 spiro atoms. The molecule has 5 heteroatoms. The second-order valence-electron chi connectivity index (χ2n) is 8.22. The van der Waals surface area contributed by atoms with Gasteiger partial charge in [0.15, 0.2) is 0 Å². The Hall–Kier alpha value is -1.10. The first-order valence-corrected chi connectivity index (χ1v) is 9.28. The summed E-state index contributed by atoms with van der Waals surface area (Å²) in [6, 6.07) is 0.416. The minimum Gasteiger partial charge on any atom is -0.350 e. The molecule has 1 saturated carbocycles. The van der Waals surface area contributed by atoms with Gasteiger partial charge in [-0.2, -0.15) is 0 Å². The average Bonchev–Trinajstić information content (AvgIpc) is 3.32. The Kier molecular flexibility index (Phi) is 4.95. The van der Waals surface area contributed by atoms with Gasteiger partial charge in [-0.3, -0.25) is 9.59 Å². The first-order chi connectivity index (χ1) is 10.9. The number of carbonyl (C=O) groups is 2. The number of hydrogen-bond donors (Lipinski definition) is 1. The van der Waals surface area contributed by atoms with Crippen LogP contribution in [0.2, 0.25) is 0 Å². The third-order valence-corrected chi connectivity index (χ3v) is 5.33. The lowest BCUT2D eigenvalue weighted by Gasteiger charge is -2.38. The normalized spacial score (nSPS) is 27.1. The molecule has 3 aliphatic rings. The van der Waals surface area contributed by atoms with Crippen LogP contribution >= 0.6 is 0 Å². The highest BCUT2D eigenvalue weighted by atomic mass is 16.2. The minimum atomic E-state index is -0.208. The monoisotopic (exact) mass is 321 g/mol. The van der Waals surface area contributed by atoms with Crippen LogP contribution in [0, 0.1) is 5.92 Å². The Morgan fingerprint density at radius 2 is 1.87 bits per heavy atom. The molecule has 1 unspecified atom stereocenters. The van der Waals surface area contributed by atoms with Gasteiger partial charge in [0.25, 0.3) is 0 Å². The average molecular weight is 321 g/mol. The lowest BCUT2D eigenvalue weighted by Crippen LogP contribution is -2.55. The summed E-state index contributed by atoms with van der Waals surface area (Å²) in [6.45, 7) is 8.06. The van der Waals surface area contributed by atoms with Gasteiger partial charge < -0.3 is 15.1 Å². The molecule has 1 aliphatic carbocycles. The van der Waals surface area contributed by atoms with Crippen LogP contribution < -0.4 is 5.32 Å². The number of nitrogens with one attached hydrogen (secondary N) is 1. The second kappa shape index (κ2) is 6.80. The van der Waals surface area contributed by atoms with Crippen molar-refractivity contribution in [2.24, 2.45) is 5.92 Å². The fourth-order valence-electron chi connectivity index (χ4n) is 3.98. The molecule has 0 bridgehead atoms. The fourth-order valence-corrected chi connectivity index (χ4v) is 3.98. The van der Waals surface area contributed by atoms with Crippen molar-refractivity contribution >= 4 is 11.8 Å². The van der Waals surface area contributed by atoms with E-state index in [1.54, 1.807) is 0 Å². The Morgan fingerprint density at radius 1 is 1.17 bits per heavy atom. The Bertz CT molecular complexity index is 453. The molecule has 2 saturated heterocycles. The molecule has 3 rings (SSSR count). The van der Waals surface area contributed by atoms with Crippen LogP contribution in [0.5, 0.6) is 0 Å². The summed E-state index contributed by atoms with van der Waals surface area (Å²) >= 11 is 0. The molecule has 5 nitrogen and oxygen atoms in total. The number of amides is 2. The van der Waals surface area contributed by atoms with Gasteiger partial charge in [0, 0.05) is 31.1 Å². The van der Waals surface area contributed by atoms with Crippen LogP contribution in [0.1, 0.15) is 58.8 Å². The Morgan fingerprint density at radius 3 is 2.52 bits per heavy atom. The number of likely N-dealkylation sites (tertiary alicyclic amines) is 2. The summed E-state index contributed by atoms with van der Waals surface area (Å²) in [4.78, 5) is 29.1. The molecule has 0 aromatic rings. The van der Waals surface area contributed by atoms with Gasteiger partial charge in [-0.05, 0) is 59.0 Å². The smallest absolute Gasteiger partial charge is 0.225 e. The topological polar surface area (TPSA) is 52.7 Å². The van der Waals surface area contributed by atoms with Crippen LogP contribution in [-0.2, 0) is 9.59 Å². The highest BCUT2D eigenvalue weighted by Crippen LogP contribution is 2.32. The van der Waals surface area contributed by atoms with Crippen LogP contribution in [0.4, 0.5) is 0 Å². The van der Waals surface area contributed by atoms with E-state index in [1.807, 2.05) is 4.90 Å². The third kappa shape index (κ3) is 4.46. The van der Waals surface area contributed by atoms with E-state index in [-0.39, 0.29) is 23.3 Å². The van der Waals surface area contributed by atoms with E-state index in [1.165, 1.54) is 19.3 Å². The second-order valence-corrected chi connectivity index (χ2v) is 8.22. The molecule has 130 valence electrons. The first-order valence-electron chi connectivity index (χ1n) is 9.28. The first kappa shape index (κ1) is 16.7.